The predicted molar refractivity (Wildman–Crippen MR) is 122 cm³/mol. The zero-order chi connectivity index (χ0) is 24.4. The maximum Gasteiger partial charge on any atom is 0.418 e. The van der Waals surface area contributed by atoms with Gasteiger partial charge in [0, 0.05) is 10.0 Å². The standard InChI is InChI=1S/C22H17Cl2F3N2O3S/c1-14-7-9-16(12-19(14)24)29(33(31,32)17-5-3-2-4-6-17)13-21(30)28-20-10-8-15(23)11-18(20)22(25,26)27/h2-12H,13H2,1H3,(H,28,30). The molecule has 5 nitrogen and oxygen atoms in total. The van der Waals surface area contributed by atoms with Crippen molar-refractivity contribution >= 4 is 50.5 Å². The van der Waals surface area contributed by atoms with Gasteiger partial charge < -0.3 is 5.32 Å². The molecular formula is C22H17Cl2F3N2O3S. The Morgan fingerprint density at radius 1 is 1.00 bits per heavy atom. The van der Waals surface area contributed by atoms with Crippen molar-refractivity contribution in [2.45, 2.75) is 18.0 Å². The first-order chi connectivity index (χ1) is 15.4. The van der Waals surface area contributed by atoms with Gasteiger partial charge in [-0.05, 0) is 55.0 Å². The van der Waals surface area contributed by atoms with E-state index in [-0.39, 0.29) is 20.6 Å². The molecule has 3 rings (SSSR count). The van der Waals surface area contributed by atoms with Crippen molar-refractivity contribution in [2.24, 2.45) is 0 Å². The summed E-state index contributed by atoms with van der Waals surface area (Å²) in [6, 6.07) is 14.6. The van der Waals surface area contributed by atoms with Crippen LogP contribution in [0.25, 0.3) is 0 Å². The van der Waals surface area contributed by atoms with Gasteiger partial charge in [0.2, 0.25) is 5.91 Å². The third-order valence-electron chi connectivity index (χ3n) is 4.62. The second-order valence-electron chi connectivity index (χ2n) is 6.99. The first-order valence-electron chi connectivity index (χ1n) is 9.40. The predicted octanol–water partition coefficient (Wildman–Crippen LogP) is 6.15. The van der Waals surface area contributed by atoms with Crippen LogP contribution in [0, 0.1) is 6.92 Å². The fourth-order valence-corrected chi connectivity index (χ4v) is 4.73. The maximum atomic E-state index is 13.4. The first kappa shape index (κ1) is 24.9. The molecule has 3 aromatic carbocycles. The normalized spacial score (nSPS) is 11.8. The number of halogens is 5. The van der Waals surface area contributed by atoms with Gasteiger partial charge in [-0.25, -0.2) is 8.42 Å². The highest BCUT2D eigenvalue weighted by Crippen LogP contribution is 2.36. The van der Waals surface area contributed by atoms with Gasteiger partial charge in [0.15, 0.2) is 0 Å². The van der Waals surface area contributed by atoms with Crippen LogP contribution in [0.3, 0.4) is 0 Å². The quantitative estimate of drug-likeness (QED) is 0.426. The van der Waals surface area contributed by atoms with Gasteiger partial charge in [-0.1, -0.05) is 47.5 Å². The summed E-state index contributed by atoms with van der Waals surface area (Å²) in [6.45, 7) is 0.921. The first-order valence-corrected chi connectivity index (χ1v) is 11.6. The lowest BCUT2D eigenvalue weighted by atomic mass is 10.1. The van der Waals surface area contributed by atoms with Gasteiger partial charge in [-0.15, -0.1) is 0 Å². The number of anilines is 2. The molecular weight excluding hydrogens is 500 g/mol. The smallest absolute Gasteiger partial charge is 0.324 e. The van der Waals surface area contributed by atoms with E-state index in [0.29, 0.717) is 11.6 Å². The Morgan fingerprint density at radius 3 is 2.27 bits per heavy atom. The van der Waals surface area contributed by atoms with Gasteiger partial charge in [-0.2, -0.15) is 13.2 Å². The number of nitrogens with one attached hydrogen (secondary N) is 1. The molecule has 0 spiro atoms. The summed E-state index contributed by atoms with van der Waals surface area (Å²) in [7, 11) is -4.25. The van der Waals surface area contributed by atoms with Crippen molar-refractivity contribution in [1.29, 1.82) is 0 Å². The molecule has 1 amide bonds. The minimum Gasteiger partial charge on any atom is -0.324 e. The van der Waals surface area contributed by atoms with Crippen molar-refractivity contribution in [3.63, 3.8) is 0 Å². The largest absolute Gasteiger partial charge is 0.418 e. The molecule has 0 aromatic heterocycles. The molecule has 0 aliphatic carbocycles. The number of hydrogen-bond donors (Lipinski definition) is 1. The van der Waals surface area contributed by atoms with E-state index in [2.05, 4.69) is 5.32 Å². The molecule has 0 aliphatic heterocycles. The van der Waals surface area contributed by atoms with Crippen molar-refractivity contribution in [3.8, 4) is 0 Å². The van der Waals surface area contributed by atoms with Crippen molar-refractivity contribution in [2.75, 3.05) is 16.2 Å². The lowest BCUT2D eigenvalue weighted by Crippen LogP contribution is -2.38. The zero-order valence-corrected chi connectivity index (χ0v) is 19.4. The monoisotopic (exact) mass is 516 g/mol. The number of carbonyl (C=O) groups is 1. The zero-order valence-electron chi connectivity index (χ0n) is 17.0. The van der Waals surface area contributed by atoms with E-state index in [9.17, 15) is 26.4 Å². The highest BCUT2D eigenvalue weighted by Gasteiger charge is 2.35. The molecule has 3 aromatic rings. The maximum absolute atomic E-state index is 13.4. The topological polar surface area (TPSA) is 66.5 Å². The number of aryl methyl sites for hydroxylation is 1. The van der Waals surface area contributed by atoms with Crippen LogP contribution in [0.15, 0.2) is 71.6 Å². The molecule has 1 N–H and O–H groups in total. The number of hydrogen-bond acceptors (Lipinski definition) is 3. The van der Waals surface area contributed by atoms with Gasteiger partial charge >= 0.3 is 6.18 Å². The summed E-state index contributed by atoms with van der Waals surface area (Å²) in [5.41, 5.74) is -0.940. The SMILES string of the molecule is Cc1ccc(N(CC(=O)Nc2ccc(Cl)cc2C(F)(F)F)S(=O)(=O)c2ccccc2)cc1Cl. The summed E-state index contributed by atoms with van der Waals surface area (Å²) >= 11 is 11.8. The van der Waals surface area contributed by atoms with E-state index in [1.165, 1.54) is 42.5 Å². The second-order valence-corrected chi connectivity index (χ2v) is 9.70. The Labute approximate surface area is 198 Å². The summed E-state index contributed by atoms with van der Waals surface area (Å²) in [5.74, 6) is -0.987. The number of sulfonamides is 1. The third kappa shape index (κ3) is 5.79. The molecule has 11 heteroatoms. The molecule has 0 aliphatic rings. The Morgan fingerprint density at radius 2 is 1.67 bits per heavy atom. The number of nitrogens with zero attached hydrogens (tertiary/aromatic N) is 1. The summed E-state index contributed by atoms with van der Waals surface area (Å²) in [4.78, 5) is 12.6. The lowest BCUT2D eigenvalue weighted by molar-refractivity contribution is -0.137. The molecule has 0 unspecified atom stereocenters. The minimum atomic E-state index is -4.78. The molecule has 0 heterocycles. The molecule has 0 saturated heterocycles. The number of alkyl halides is 3. The van der Waals surface area contributed by atoms with E-state index in [4.69, 9.17) is 23.2 Å². The Balaban J connectivity index is 1.99. The van der Waals surface area contributed by atoms with Gasteiger partial charge in [0.25, 0.3) is 10.0 Å². The minimum absolute atomic E-state index is 0.0803. The fraction of sp³-hybridized carbons (Fsp3) is 0.136. The van der Waals surface area contributed by atoms with Crippen LogP contribution in [0.5, 0.6) is 0 Å². The van der Waals surface area contributed by atoms with Crippen molar-refractivity contribution in [1.82, 2.24) is 0 Å². The number of amides is 1. The van der Waals surface area contributed by atoms with E-state index in [0.717, 1.165) is 10.4 Å². The molecule has 0 fully saturated rings. The average Bonchev–Trinajstić information content (AvgIpc) is 2.75. The lowest BCUT2D eigenvalue weighted by Gasteiger charge is -2.25. The Bertz CT molecular complexity index is 1280. The van der Waals surface area contributed by atoms with E-state index in [1.807, 2.05) is 0 Å². The number of benzene rings is 3. The third-order valence-corrected chi connectivity index (χ3v) is 7.05. The highest BCUT2D eigenvalue weighted by atomic mass is 35.5. The van der Waals surface area contributed by atoms with E-state index in [1.54, 1.807) is 19.1 Å². The van der Waals surface area contributed by atoms with Gasteiger partial charge in [0.05, 0.1) is 21.8 Å². The number of carbonyl (C=O) groups excluding carboxylic acids is 1. The van der Waals surface area contributed by atoms with E-state index >= 15 is 0 Å². The van der Waals surface area contributed by atoms with Crippen LogP contribution in [-0.2, 0) is 21.0 Å². The van der Waals surface area contributed by atoms with Crippen LogP contribution in [0.1, 0.15) is 11.1 Å². The van der Waals surface area contributed by atoms with Gasteiger partial charge in [-0.3, -0.25) is 9.10 Å². The Hall–Kier alpha value is -2.75. The van der Waals surface area contributed by atoms with Crippen LogP contribution in [-0.4, -0.2) is 20.9 Å². The summed E-state index contributed by atoms with van der Waals surface area (Å²) in [6.07, 6.45) is -4.78. The van der Waals surface area contributed by atoms with Crippen molar-refractivity contribution < 1.29 is 26.4 Å². The van der Waals surface area contributed by atoms with E-state index < -0.39 is 39.9 Å². The summed E-state index contributed by atoms with van der Waals surface area (Å²) in [5, 5.41) is 2.24. The van der Waals surface area contributed by atoms with Crippen LogP contribution < -0.4 is 9.62 Å². The molecule has 0 atom stereocenters. The average molecular weight is 517 g/mol. The number of rotatable bonds is 6. The van der Waals surface area contributed by atoms with Crippen LogP contribution in [0.2, 0.25) is 10.0 Å². The fourth-order valence-electron chi connectivity index (χ4n) is 2.95. The molecule has 0 saturated carbocycles. The van der Waals surface area contributed by atoms with Crippen molar-refractivity contribution in [3.05, 3.63) is 87.9 Å². The van der Waals surface area contributed by atoms with Crippen LogP contribution >= 0.6 is 23.2 Å². The highest BCUT2D eigenvalue weighted by molar-refractivity contribution is 7.92. The Kier molecular flexibility index (Phi) is 7.26. The van der Waals surface area contributed by atoms with Crippen LogP contribution in [0.4, 0.5) is 24.5 Å². The molecule has 0 radical (unpaired) electrons. The van der Waals surface area contributed by atoms with Gasteiger partial charge in [0.1, 0.15) is 6.54 Å². The molecule has 33 heavy (non-hydrogen) atoms. The second kappa shape index (κ2) is 9.62. The summed E-state index contributed by atoms with van der Waals surface area (Å²) < 4.78 is 67.5. The molecule has 174 valence electrons. The molecule has 0 bridgehead atoms.